The highest BCUT2D eigenvalue weighted by molar-refractivity contribution is 5.80. The molecular weight excluding hydrogens is 671 g/mol. The lowest BCUT2D eigenvalue weighted by atomic mass is 10.00. The topological polar surface area (TPSA) is 110 Å². The number of carbonyl (C=O) groups is 1. The molecule has 0 aliphatic rings. The summed E-state index contributed by atoms with van der Waals surface area (Å²) in [6.07, 6.45) is 50.0. The Morgan fingerprint density at radius 2 is 0.796 bits per heavy atom. The van der Waals surface area contributed by atoms with Crippen molar-refractivity contribution < 1.29 is 25.2 Å². The number of carbonyl (C=O) groups excluding carboxylic acids is 1. The summed E-state index contributed by atoms with van der Waals surface area (Å²) in [5, 5.41) is 43.2. The summed E-state index contributed by atoms with van der Waals surface area (Å²) >= 11 is 0. The Labute approximate surface area is 335 Å². The number of aliphatic hydroxyl groups excluding tert-OH is 4. The molecule has 6 nitrogen and oxygen atoms in total. The summed E-state index contributed by atoms with van der Waals surface area (Å²) in [7, 11) is 0. The molecule has 0 rings (SSSR count). The molecular formula is C48H93NO5. The fourth-order valence-electron chi connectivity index (χ4n) is 7.35. The van der Waals surface area contributed by atoms with Crippen LogP contribution in [0.4, 0.5) is 0 Å². The van der Waals surface area contributed by atoms with Crippen LogP contribution in [0, 0.1) is 0 Å². The first-order chi connectivity index (χ1) is 26.5. The summed E-state index contributed by atoms with van der Waals surface area (Å²) < 4.78 is 0. The average Bonchev–Trinajstić information content (AvgIpc) is 3.18. The van der Waals surface area contributed by atoms with Crippen LogP contribution in [0.2, 0.25) is 0 Å². The van der Waals surface area contributed by atoms with Crippen molar-refractivity contribution in [3.8, 4) is 0 Å². The fraction of sp³-hybridized carbons (Fsp3) is 0.896. The number of unbranched alkanes of at least 4 members (excludes halogenated alkanes) is 30. The van der Waals surface area contributed by atoms with Gasteiger partial charge >= 0.3 is 0 Å². The quantitative estimate of drug-likeness (QED) is 0.0314. The molecule has 0 bridgehead atoms. The van der Waals surface area contributed by atoms with Crippen LogP contribution in [0.3, 0.4) is 0 Å². The van der Waals surface area contributed by atoms with Crippen LogP contribution < -0.4 is 5.32 Å². The molecule has 0 aliphatic heterocycles. The van der Waals surface area contributed by atoms with E-state index in [4.69, 9.17) is 0 Å². The van der Waals surface area contributed by atoms with E-state index in [0.717, 1.165) is 38.5 Å². The summed E-state index contributed by atoms with van der Waals surface area (Å²) in [6, 6.07) is -0.996. The number of allylic oxidation sites excluding steroid dienone is 4. The fourth-order valence-corrected chi connectivity index (χ4v) is 7.35. The van der Waals surface area contributed by atoms with Crippen LogP contribution >= 0.6 is 0 Å². The molecule has 54 heavy (non-hydrogen) atoms. The van der Waals surface area contributed by atoms with Crippen LogP contribution in [-0.2, 0) is 4.79 Å². The van der Waals surface area contributed by atoms with Crippen LogP contribution in [0.1, 0.15) is 245 Å². The lowest BCUT2D eigenvalue weighted by molar-refractivity contribution is -0.132. The zero-order valence-electron chi connectivity index (χ0n) is 36.0. The molecule has 4 unspecified atom stereocenters. The van der Waals surface area contributed by atoms with Crippen molar-refractivity contribution in [2.75, 3.05) is 6.61 Å². The molecule has 0 spiro atoms. The first-order valence-electron chi connectivity index (χ1n) is 23.7. The predicted octanol–water partition coefficient (Wildman–Crippen LogP) is 12.7. The summed E-state index contributed by atoms with van der Waals surface area (Å²) in [5.41, 5.74) is 0. The molecule has 0 aromatic heterocycles. The summed E-state index contributed by atoms with van der Waals surface area (Å²) in [5.74, 6) is -0.596. The molecule has 4 atom stereocenters. The zero-order valence-corrected chi connectivity index (χ0v) is 36.0. The maximum Gasteiger partial charge on any atom is 0.249 e. The molecule has 5 N–H and O–H groups in total. The molecule has 0 radical (unpaired) electrons. The van der Waals surface area contributed by atoms with Gasteiger partial charge in [0.25, 0.3) is 0 Å². The van der Waals surface area contributed by atoms with Gasteiger partial charge in [0.1, 0.15) is 12.2 Å². The SMILES string of the molecule is CCC/C=C/CCCC(O)C(O)C(CO)NC(=O)C(O)CCCCCCCCCCCCCCCCCC/C=C\CCCCCCCCCCCCCC. The molecule has 0 saturated heterocycles. The van der Waals surface area contributed by atoms with Gasteiger partial charge in [0.15, 0.2) is 0 Å². The number of aliphatic hydroxyl groups is 4. The van der Waals surface area contributed by atoms with E-state index < -0.39 is 36.9 Å². The number of rotatable bonds is 43. The second kappa shape index (κ2) is 42.9. The van der Waals surface area contributed by atoms with Crippen molar-refractivity contribution in [3.63, 3.8) is 0 Å². The molecule has 0 aromatic carbocycles. The van der Waals surface area contributed by atoms with Crippen LogP contribution in [0.5, 0.6) is 0 Å². The maximum absolute atomic E-state index is 12.4. The molecule has 0 aliphatic carbocycles. The number of hydrogen-bond acceptors (Lipinski definition) is 5. The van der Waals surface area contributed by atoms with E-state index in [1.807, 2.05) is 0 Å². The minimum absolute atomic E-state index is 0.365. The van der Waals surface area contributed by atoms with E-state index in [9.17, 15) is 25.2 Å². The minimum atomic E-state index is -1.28. The van der Waals surface area contributed by atoms with Gasteiger partial charge in [0, 0.05) is 0 Å². The third-order valence-corrected chi connectivity index (χ3v) is 11.1. The van der Waals surface area contributed by atoms with Gasteiger partial charge in [-0.15, -0.1) is 0 Å². The zero-order chi connectivity index (χ0) is 39.6. The second-order valence-corrected chi connectivity index (χ2v) is 16.4. The highest BCUT2D eigenvalue weighted by atomic mass is 16.3. The third kappa shape index (κ3) is 36.4. The normalized spacial score (nSPS) is 14.3. The largest absolute Gasteiger partial charge is 0.394 e. The summed E-state index contributed by atoms with van der Waals surface area (Å²) in [6.45, 7) is 3.92. The van der Waals surface area contributed by atoms with Crippen LogP contribution in [0.25, 0.3) is 0 Å². The van der Waals surface area contributed by atoms with Crippen molar-refractivity contribution in [1.82, 2.24) is 5.32 Å². The average molecular weight is 764 g/mol. The van der Waals surface area contributed by atoms with Gasteiger partial charge in [-0.25, -0.2) is 0 Å². The number of amides is 1. The van der Waals surface area contributed by atoms with E-state index in [0.29, 0.717) is 19.3 Å². The predicted molar refractivity (Wildman–Crippen MR) is 233 cm³/mol. The standard InChI is InChI=1S/C48H93NO5/c1-3-5-7-9-11-12-13-14-15-16-17-18-19-20-21-22-23-24-25-26-27-28-29-30-31-32-33-34-35-36-38-40-42-46(52)48(54)49-44(43-50)47(53)45(51)41-39-37-10-8-6-4-2/h8,10,20-21,44-47,50-53H,3-7,9,11-19,22-43H2,1-2H3,(H,49,54)/b10-8+,21-20-. The van der Waals surface area contributed by atoms with Gasteiger partial charge in [-0.2, -0.15) is 0 Å². The Bertz CT molecular complexity index is 817. The van der Waals surface area contributed by atoms with Gasteiger partial charge in [-0.3, -0.25) is 4.79 Å². The van der Waals surface area contributed by atoms with Crippen molar-refractivity contribution >= 4 is 5.91 Å². The minimum Gasteiger partial charge on any atom is -0.394 e. The molecule has 6 heteroatoms. The lowest BCUT2D eigenvalue weighted by Gasteiger charge is -2.27. The Hall–Kier alpha value is -1.21. The number of hydrogen-bond donors (Lipinski definition) is 5. The van der Waals surface area contributed by atoms with Gasteiger partial charge in [0.2, 0.25) is 5.91 Å². The monoisotopic (exact) mass is 764 g/mol. The van der Waals surface area contributed by atoms with Gasteiger partial charge in [0.05, 0.1) is 18.8 Å². The van der Waals surface area contributed by atoms with E-state index >= 15 is 0 Å². The van der Waals surface area contributed by atoms with Crippen LogP contribution in [0.15, 0.2) is 24.3 Å². The number of nitrogens with one attached hydrogen (secondary N) is 1. The first kappa shape index (κ1) is 52.8. The van der Waals surface area contributed by atoms with Crippen LogP contribution in [-0.4, -0.2) is 57.3 Å². The molecule has 1 amide bonds. The smallest absolute Gasteiger partial charge is 0.249 e. The van der Waals surface area contributed by atoms with Crippen molar-refractivity contribution in [3.05, 3.63) is 24.3 Å². The third-order valence-electron chi connectivity index (χ3n) is 11.1. The van der Waals surface area contributed by atoms with Crippen molar-refractivity contribution in [2.24, 2.45) is 0 Å². The Balaban J connectivity index is 3.49. The molecule has 0 saturated carbocycles. The molecule has 0 fully saturated rings. The lowest BCUT2D eigenvalue weighted by Crippen LogP contribution is -2.53. The van der Waals surface area contributed by atoms with Crippen molar-refractivity contribution in [2.45, 2.75) is 269 Å². The van der Waals surface area contributed by atoms with Crippen molar-refractivity contribution in [1.29, 1.82) is 0 Å². The van der Waals surface area contributed by atoms with E-state index in [1.54, 1.807) is 0 Å². The van der Waals surface area contributed by atoms with Gasteiger partial charge in [-0.05, 0) is 57.8 Å². The molecule has 0 aromatic rings. The Morgan fingerprint density at radius 3 is 1.19 bits per heavy atom. The Kier molecular flexibility index (Phi) is 42.0. The molecule has 320 valence electrons. The highest BCUT2D eigenvalue weighted by Crippen LogP contribution is 2.16. The molecule has 0 heterocycles. The Morgan fingerprint density at radius 1 is 0.444 bits per heavy atom. The maximum atomic E-state index is 12.4. The van der Waals surface area contributed by atoms with Gasteiger partial charge in [-0.1, -0.05) is 212 Å². The first-order valence-corrected chi connectivity index (χ1v) is 23.7. The van der Waals surface area contributed by atoms with E-state index in [-0.39, 0.29) is 0 Å². The highest BCUT2D eigenvalue weighted by Gasteiger charge is 2.28. The van der Waals surface area contributed by atoms with E-state index in [2.05, 4.69) is 43.5 Å². The van der Waals surface area contributed by atoms with Gasteiger partial charge < -0.3 is 25.7 Å². The summed E-state index contributed by atoms with van der Waals surface area (Å²) in [4.78, 5) is 12.4. The van der Waals surface area contributed by atoms with E-state index in [1.165, 1.54) is 173 Å². The second-order valence-electron chi connectivity index (χ2n) is 16.4.